The summed E-state index contributed by atoms with van der Waals surface area (Å²) >= 11 is 1.25. The molecule has 1 fully saturated rings. The number of nitrogens with zero attached hydrogens (tertiary/aromatic N) is 5. The Morgan fingerprint density at radius 2 is 2.16 bits per heavy atom. The summed E-state index contributed by atoms with van der Waals surface area (Å²) in [5.74, 6) is -0.693. The molecular formula is C21H20N6O3S. The first kappa shape index (κ1) is 19.6. The first-order valence-electron chi connectivity index (χ1n) is 9.84. The second kappa shape index (κ2) is 7.40. The molecule has 4 aromatic heterocycles. The minimum Gasteiger partial charge on any atom is -0.370 e. The van der Waals surface area contributed by atoms with E-state index in [1.807, 2.05) is 32.0 Å². The van der Waals surface area contributed by atoms with Crippen molar-refractivity contribution in [3.05, 3.63) is 58.0 Å². The summed E-state index contributed by atoms with van der Waals surface area (Å²) in [5.41, 5.74) is 9.04. The Hall–Kier alpha value is -3.37. The van der Waals surface area contributed by atoms with Gasteiger partial charge < -0.3 is 15.4 Å². The highest BCUT2D eigenvalue weighted by Crippen LogP contribution is 2.37. The number of aromatic nitrogens is 4. The Morgan fingerprint density at radius 1 is 1.32 bits per heavy atom. The summed E-state index contributed by atoms with van der Waals surface area (Å²) in [6.45, 7) is 4.89. The molecule has 4 aromatic rings. The molecule has 0 aromatic carbocycles. The van der Waals surface area contributed by atoms with Crippen LogP contribution in [0.4, 0.5) is 0 Å². The van der Waals surface area contributed by atoms with Crippen molar-refractivity contribution in [2.45, 2.75) is 20.0 Å². The van der Waals surface area contributed by atoms with Crippen molar-refractivity contribution in [2.75, 3.05) is 19.7 Å². The Balaban J connectivity index is 1.51. The Morgan fingerprint density at radius 3 is 2.97 bits per heavy atom. The van der Waals surface area contributed by atoms with Crippen molar-refractivity contribution in [2.24, 2.45) is 5.73 Å². The minimum absolute atomic E-state index is 0.168. The maximum Gasteiger partial charge on any atom is 0.259 e. The number of rotatable bonds is 3. The second-order valence-electron chi connectivity index (χ2n) is 7.51. The number of ether oxygens (including phenoxy) is 1. The summed E-state index contributed by atoms with van der Waals surface area (Å²) < 4.78 is 7.65. The van der Waals surface area contributed by atoms with Gasteiger partial charge in [-0.15, -0.1) is 11.3 Å². The van der Waals surface area contributed by atoms with E-state index >= 15 is 0 Å². The van der Waals surface area contributed by atoms with Gasteiger partial charge in [0.1, 0.15) is 21.4 Å². The number of aryl methyl sites for hydroxylation is 2. The van der Waals surface area contributed by atoms with Gasteiger partial charge in [0, 0.05) is 35.1 Å². The topological polar surface area (TPSA) is 116 Å². The van der Waals surface area contributed by atoms with Crippen molar-refractivity contribution < 1.29 is 14.3 Å². The quantitative estimate of drug-likeness (QED) is 0.527. The van der Waals surface area contributed by atoms with Gasteiger partial charge >= 0.3 is 0 Å². The van der Waals surface area contributed by atoms with E-state index < -0.39 is 12.0 Å². The maximum absolute atomic E-state index is 13.4. The van der Waals surface area contributed by atoms with Gasteiger partial charge in [0.15, 0.2) is 5.65 Å². The van der Waals surface area contributed by atoms with E-state index in [9.17, 15) is 9.59 Å². The third-order valence-electron chi connectivity index (χ3n) is 5.41. The van der Waals surface area contributed by atoms with Crippen LogP contribution in [0.2, 0.25) is 0 Å². The number of amides is 2. The van der Waals surface area contributed by atoms with Crippen LogP contribution in [0.25, 0.3) is 15.9 Å². The molecule has 1 aliphatic heterocycles. The molecule has 9 nitrogen and oxygen atoms in total. The molecule has 2 N–H and O–H groups in total. The molecule has 5 heterocycles. The van der Waals surface area contributed by atoms with Crippen LogP contribution in [0.1, 0.15) is 43.1 Å². The number of primary amides is 1. The number of nitrogens with two attached hydrogens (primary N) is 1. The molecule has 1 aliphatic rings. The number of thiophene rings is 1. The fourth-order valence-electron chi connectivity index (χ4n) is 4.05. The molecule has 5 rings (SSSR count). The molecule has 0 bridgehead atoms. The van der Waals surface area contributed by atoms with Gasteiger partial charge in [0.2, 0.25) is 0 Å². The summed E-state index contributed by atoms with van der Waals surface area (Å²) in [5, 5.41) is 5.15. The molecule has 31 heavy (non-hydrogen) atoms. The molecule has 0 aliphatic carbocycles. The lowest BCUT2D eigenvalue weighted by Crippen LogP contribution is -2.42. The average molecular weight is 436 g/mol. The van der Waals surface area contributed by atoms with Crippen LogP contribution >= 0.6 is 11.3 Å². The average Bonchev–Trinajstić information content (AvgIpc) is 3.35. The molecule has 10 heteroatoms. The summed E-state index contributed by atoms with van der Waals surface area (Å²) in [6, 6.07) is 5.62. The number of pyridine rings is 1. The van der Waals surface area contributed by atoms with E-state index in [-0.39, 0.29) is 5.91 Å². The van der Waals surface area contributed by atoms with Crippen molar-refractivity contribution >= 4 is 39.0 Å². The van der Waals surface area contributed by atoms with E-state index in [1.54, 1.807) is 21.8 Å². The maximum atomic E-state index is 13.4. The Labute approximate surface area is 181 Å². The zero-order chi connectivity index (χ0) is 21.7. The predicted molar refractivity (Wildman–Crippen MR) is 115 cm³/mol. The molecule has 1 atom stereocenters. The van der Waals surface area contributed by atoms with E-state index in [1.165, 1.54) is 11.3 Å². The van der Waals surface area contributed by atoms with Crippen molar-refractivity contribution in [3.8, 4) is 0 Å². The molecule has 1 saturated heterocycles. The highest BCUT2D eigenvalue weighted by Gasteiger charge is 2.32. The van der Waals surface area contributed by atoms with Gasteiger partial charge in [0.25, 0.3) is 11.8 Å². The van der Waals surface area contributed by atoms with E-state index in [2.05, 4.69) is 15.1 Å². The van der Waals surface area contributed by atoms with Crippen LogP contribution in [0.5, 0.6) is 0 Å². The van der Waals surface area contributed by atoms with Crippen LogP contribution in [0, 0.1) is 13.8 Å². The number of carbonyl (C=O) groups excluding carboxylic acids is 2. The van der Waals surface area contributed by atoms with Crippen molar-refractivity contribution in [1.82, 2.24) is 24.5 Å². The SMILES string of the molecule is Cc1cc(C)n2ncc(C(=O)N3CCOC(c4c(C(N)=O)sc5ncccc45)C3)c2n1. The van der Waals surface area contributed by atoms with Gasteiger partial charge in [-0.05, 0) is 26.0 Å². The zero-order valence-corrected chi connectivity index (χ0v) is 17.8. The number of morpholine rings is 1. The molecule has 0 spiro atoms. The third-order valence-corrected chi connectivity index (χ3v) is 6.56. The number of carbonyl (C=O) groups is 2. The highest BCUT2D eigenvalue weighted by molar-refractivity contribution is 7.20. The van der Waals surface area contributed by atoms with E-state index in [0.717, 1.165) is 21.6 Å². The molecular weight excluding hydrogens is 416 g/mol. The van der Waals surface area contributed by atoms with Crippen molar-refractivity contribution in [3.63, 3.8) is 0 Å². The normalized spacial score (nSPS) is 16.8. The first-order chi connectivity index (χ1) is 14.9. The third kappa shape index (κ3) is 3.24. The summed E-state index contributed by atoms with van der Waals surface area (Å²) in [7, 11) is 0. The lowest BCUT2D eigenvalue weighted by atomic mass is 10.0. The molecule has 1 unspecified atom stereocenters. The van der Waals surface area contributed by atoms with E-state index in [4.69, 9.17) is 10.5 Å². The lowest BCUT2D eigenvalue weighted by Gasteiger charge is -2.33. The summed E-state index contributed by atoms with van der Waals surface area (Å²) in [4.78, 5) is 37.2. The van der Waals surface area contributed by atoms with Gasteiger partial charge in [-0.1, -0.05) is 6.07 Å². The molecule has 2 amide bonds. The lowest BCUT2D eigenvalue weighted by molar-refractivity contribution is -0.0221. The van der Waals surface area contributed by atoms with Gasteiger partial charge in [-0.25, -0.2) is 14.5 Å². The van der Waals surface area contributed by atoms with Crippen LogP contribution in [-0.4, -0.2) is 56.0 Å². The predicted octanol–water partition coefficient (Wildman–Crippen LogP) is 2.27. The zero-order valence-electron chi connectivity index (χ0n) is 17.0. The largest absolute Gasteiger partial charge is 0.370 e. The fraction of sp³-hybridized carbons (Fsp3) is 0.286. The standard InChI is InChI=1S/C21H20N6O3S/c1-11-8-12(2)27-19(25-11)14(9-24-27)21(29)26-6-7-30-15(10-26)16-13-4-3-5-23-20(13)31-17(16)18(22)28/h3-5,8-9,15H,6-7,10H2,1-2H3,(H2,22,28). The molecule has 0 radical (unpaired) electrons. The smallest absolute Gasteiger partial charge is 0.259 e. The Kier molecular flexibility index (Phi) is 4.67. The van der Waals surface area contributed by atoms with Gasteiger partial charge in [-0.2, -0.15) is 5.10 Å². The van der Waals surface area contributed by atoms with Crippen LogP contribution in [-0.2, 0) is 4.74 Å². The van der Waals surface area contributed by atoms with Gasteiger partial charge in [0.05, 0.1) is 19.3 Å². The summed E-state index contributed by atoms with van der Waals surface area (Å²) in [6.07, 6.45) is 2.75. The Bertz CT molecular complexity index is 1340. The molecule has 0 saturated carbocycles. The second-order valence-corrected chi connectivity index (χ2v) is 8.51. The molecule has 158 valence electrons. The van der Waals surface area contributed by atoms with Gasteiger partial charge in [-0.3, -0.25) is 9.59 Å². The van der Waals surface area contributed by atoms with Crippen LogP contribution < -0.4 is 5.73 Å². The van der Waals surface area contributed by atoms with E-state index in [0.29, 0.717) is 41.3 Å². The monoisotopic (exact) mass is 436 g/mol. The minimum atomic E-state index is -0.525. The number of fused-ring (bicyclic) bond motifs is 2. The first-order valence-corrected chi connectivity index (χ1v) is 10.7. The number of hydrogen-bond donors (Lipinski definition) is 1. The fourth-order valence-corrected chi connectivity index (χ4v) is 5.10. The highest BCUT2D eigenvalue weighted by atomic mass is 32.1. The van der Waals surface area contributed by atoms with Crippen LogP contribution in [0.15, 0.2) is 30.6 Å². The number of hydrogen-bond acceptors (Lipinski definition) is 7. The van der Waals surface area contributed by atoms with Crippen LogP contribution in [0.3, 0.4) is 0 Å². The van der Waals surface area contributed by atoms with Crippen molar-refractivity contribution in [1.29, 1.82) is 0 Å².